The Balaban J connectivity index is 1.99. The summed E-state index contributed by atoms with van der Waals surface area (Å²) in [6, 6.07) is 7.07. The molecule has 1 amide bonds. The van der Waals surface area contributed by atoms with Gasteiger partial charge in [-0.1, -0.05) is 12.1 Å². The molecule has 0 saturated carbocycles. The minimum atomic E-state index is -4.42. The first kappa shape index (κ1) is 14.9. The van der Waals surface area contributed by atoms with Gasteiger partial charge in [-0.05, 0) is 17.7 Å². The van der Waals surface area contributed by atoms with Crippen molar-refractivity contribution >= 4 is 11.6 Å². The molecular weight excluding hydrogens is 285 g/mol. The Morgan fingerprint density at radius 3 is 2.76 bits per heavy atom. The zero-order valence-electron chi connectivity index (χ0n) is 10.9. The summed E-state index contributed by atoms with van der Waals surface area (Å²) in [5.74, 6) is -0.755. The minimum Gasteiger partial charge on any atom is -0.399 e. The van der Waals surface area contributed by atoms with Crippen LogP contribution in [0.4, 0.5) is 18.9 Å². The fourth-order valence-corrected chi connectivity index (χ4v) is 1.72. The number of benzene rings is 1. The van der Waals surface area contributed by atoms with Gasteiger partial charge >= 0.3 is 6.18 Å². The molecule has 1 aromatic carbocycles. The van der Waals surface area contributed by atoms with Gasteiger partial charge in [-0.3, -0.25) is 9.48 Å². The molecule has 3 N–H and O–H groups in total. The molecule has 21 heavy (non-hydrogen) atoms. The largest absolute Gasteiger partial charge is 0.405 e. The second-order valence-corrected chi connectivity index (χ2v) is 4.44. The number of nitrogens with one attached hydrogen (secondary N) is 1. The molecule has 0 atom stereocenters. The number of carbonyl (C=O) groups excluding carboxylic acids is 1. The highest BCUT2D eigenvalue weighted by atomic mass is 19.4. The average Bonchev–Trinajstić information content (AvgIpc) is 2.84. The maximum absolute atomic E-state index is 12.0. The molecule has 2 aromatic rings. The van der Waals surface area contributed by atoms with Gasteiger partial charge in [0.1, 0.15) is 13.1 Å². The molecule has 1 heterocycles. The molecule has 0 aliphatic rings. The van der Waals surface area contributed by atoms with E-state index in [1.165, 1.54) is 10.9 Å². The van der Waals surface area contributed by atoms with E-state index in [0.29, 0.717) is 5.69 Å². The molecule has 0 bridgehead atoms. The standard InChI is InChI=1S/C13H13F3N4O/c14-13(15,16)8-18-12(21)7-20-6-10(5-19-20)9-2-1-3-11(17)4-9/h1-6H,7-8,17H2,(H,18,21). The number of alkyl halides is 3. The van der Waals surface area contributed by atoms with Crippen molar-refractivity contribution in [2.24, 2.45) is 0 Å². The van der Waals surface area contributed by atoms with E-state index < -0.39 is 18.6 Å². The van der Waals surface area contributed by atoms with E-state index in [0.717, 1.165) is 11.1 Å². The fourth-order valence-electron chi connectivity index (χ4n) is 1.72. The van der Waals surface area contributed by atoms with E-state index in [1.807, 2.05) is 6.07 Å². The zero-order valence-corrected chi connectivity index (χ0v) is 10.9. The Bertz CT molecular complexity index is 636. The van der Waals surface area contributed by atoms with Gasteiger partial charge in [0.25, 0.3) is 0 Å². The smallest absolute Gasteiger partial charge is 0.399 e. The Morgan fingerprint density at radius 1 is 1.33 bits per heavy atom. The number of rotatable bonds is 4. The van der Waals surface area contributed by atoms with Gasteiger partial charge in [0.15, 0.2) is 0 Å². The SMILES string of the molecule is Nc1cccc(-c2cnn(CC(=O)NCC(F)(F)F)c2)c1. The van der Waals surface area contributed by atoms with E-state index >= 15 is 0 Å². The van der Waals surface area contributed by atoms with Gasteiger partial charge in [-0.25, -0.2) is 0 Å². The first-order valence-corrected chi connectivity index (χ1v) is 6.05. The predicted molar refractivity (Wildman–Crippen MR) is 71.1 cm³/mol. The van der Waals surface area contributed by atoms with Crippen molar-refractivity contribution in [3.05, 3.63) is 36.7 Å². The van der Waals surface area contributed by atoms with E-state index in [4.69, 9.17) is 5.73 Å². The van der Waals surface area contributed by atoms with Crippen LogP contribution in [-0.4, -0.2) is 28.4 Å². The van der Waals surface area contributed by atoms with Gasteiger partial charge < -0.3 is 11.1 Å². The molecule has 112 valence electrons. The first-order chi connectivity index (χ1) is 9.83. The number of halogens is 3. The quantitative estimate of drug-likeness (QED) is 0.846. The maximum Gasteiger partial charge on any atom is 0.405 e. The van der Waals surface area contributed by atoms with Crippen LogP contribution in [-0.2, 0) is 11.3 Å². The van der Waals surface area contributed by atoms with Gasteiger partial charge in [-0.2, -0.15) is 18.3 Å². The molecular formula is C13H13F3N4O. The summed E-state index contributed by atoms with van der Waals surface area (Å²) in [6.07, 6.45) is -1.33. The summed E-state index contributed by atoms with van der Waals surface area (Å²) in [5.41, 5.74) is 7.80. The van der Waals surface area contributed by atoms with Crippen molar-refractivity contribution in [3.8, 4) is 11.1 Å². The van der Waals surface area contributed by atoms with Gasteiger partial charge in [-0.15, -0.1) is 0 Å². The molecule has 8 heteroatoms. The van der Waals surface area contributed by atoms with Gasteiger partial charge in [0.05, 0.1) is 6.20 Å². The highest BCUT2D eigenvalue weighted by molar-refractivity contribution is 5.76. The highest BCUT2D eigenvalue weighted by Crippen LogP contribution is 2.20. The van der Waals surface area contributed by atoms with Crippen LogP contribution in [0, 0.1) is 0 Å². The molecule has 0 aliphatic carbocycles. The van der Waals surface area contributed by atoms with E-state index in [1.54, 1.807) is 29.7 Å². The van der Waals surface area contributed by atoms with Crippen molar-refractivity contribution < 1.29 is 18.0 Å². The van der Waals surface area contributed by atoms with Crippen molar-refractivity contribution in [1.29, 1.82) is 0 Å². The third kappa shape index (κ3) is 4.51. The van der Waals surface area contributed by atoms with Crippen molar-refractivity contribution in [2.45, 2.75) is 12.7 Å². The summed E-state index contributed by atoms with van der Waals surface area (Å²) in [4.78, 5) is 11.4. The summed E-state index contributed by atoms with van der Waals surface area (Å²) >= 11 is 0. The van der Waals surface area contributed by atoms with Crippen molar-refractivity contribution in [1.82, 2.24) is 15.1 Å². The monoisotopic (exact) mass is 298 g/mol. The van der Waals surface area contributed by atoms with Crippen LogP contribution < -0.4 is 11.1 Å². The normalized spacial score (nSPS) is 11.4. The Kier molecular flexibility index (Phi) is 4.15. The average molecular weight is 298 g/mol. The summed E-state index contributed by atoms with van der Waals surface area (Å²) < 4.78 is 37.2. The first-order valence-electron chi connectivity index (χ1n) is 6.05. The van der Waals surface area contributed by atoms with Crippen LogP contribution in [0.2, 0.25) is 0 Å². The molecule has 2 rings (SSSR count). The van der Waals surface area contributed by atoms with E-state index in [-0.39, 0.29) is 6.54 Å². The Labute approximate surface area is 118 Å². The lowest BCUT2D eigenvalue weighted by molar-refractivity contribution is -0.138. The predicted octanol–water partition coefficient (Wildman–Crippen LogP) is 1.81. The van der Waals surface area contributed by atoms with Crippen LogP contribution in [0.15, 0.2) is 36.7 Å². The molecule has 0 fully saturated rings. The molecule has 1 aromatic heterocycles. The number of hydrogen-bond donors (Lipinski definition) is 2. The number of carbonyl (C=O) groups is 1. The lowest BCUT2D eigenvalue weighted by Crippen LogP contribution is -2.35. The summed E-state index contributed by atoms with van der Waals surface area (Å²) in [5, 5.41) is 5.72. The third-order valence-electron chi connectivity index (χ3n) is 2.64. The van der Waals surface area contributed by atoms with Gasteiger partial charge in [0, 0.05) is 17.4 Å². The van der Waals surface area contributed by atoms with Crippen LogP contribution in [0.5, 0.6) is 0 Å². The Hall–Kier alpha value is -2.51. The molecule has 0 unspecified atom stereocenters. The minimum absolute atomic E-state index is 0.279. The fraction of sp³-hybridized carbons (Fsp3) is 0.231. The molecule has 0 spiro atoms. The summed E-state index contributed by atoms with van der Waals surface area (Å²) in [6.45, 7) is -1.63. The molecule has 5 nitrogen and oxygen atoms in total. The van der Waals surface area contributed by atoms with Crippen LogP contribution in [0.3, 0.4) is 0 Å². The van der Waals surface area contributed by atoms with Crippen LogP contribution in [0.25, 0.3) is 11.1 Å². The van der Waals surface area contributed by atoms with Crippen LogP contribution >= 0.6 is 0 Å². The highest BCUT2D eigenvalue weighted by Gasteiger charge is 2.27. The third-order valence-corrected chi connectivity index (χ3v) is 2.64. The lowest BCUT2D eigenvalue weighted by Gasteiger charge is -2.08. The number of anilines is 1. The molecule has 0 saturated heterocycles. The lowest BCUT2D eigenvalue weighted by atomic mass is 10.1. The van der Waals surface area contributed by atoms with Crippen molar-refractivity contribution in [3.63, 3.8) is 0 Å². The zero-order chi connectivity index (χ0) is 15.5. The molecule has 0 aliphatic heterocycles. The number of hydrogen-bond acceptors (Lipinski definition) is 3. The second-order valence-electron chi connectivity index (χ2n) is 4.44. The van der Waals surface area contributed by atoms with E-state index in [9.17, 15) is 18.0 Å². The number of nitrogens with two attached hydrogens (primary N) is 1. The number of amides is 1. The van der Waals surface area contributed by atoms with E-state index in [2.05, 4.69) is 5.10 Å². The maximum atomic E-state index is 12.0. The topological polar surface area (TPSA) is 72.9 Å². The number of nitrogens with zero attached hydrogens (tertiary/aromatic N) is 2. The second kappa shape index (κ2) is 5.86. The number of nitrogen functional groups attached to an aromatic ring is 1. The summed E-state index contributed by atoms with van der Waals surface area (Å²) in [7, 11) is 0. The Morgan fingerprint density at radius 2 is 2.10 bits per heavy atom. The van der Waals surface area contributed by atoms with Crippen molar-refractivity contribution in [2.75, 3.05) is 12.3 Å². The van der Waals surface area contributed by atoms with Crippen LogP contribution in [0.1, 0.15) is 0 Å². The molecule has 0 radical (unpaired) electrons. The van der Waals surface area contributed by atoms with Gasteiger partial charge in [0.2, 0.25) is 5.91 Å². The number of aromatic nitrogens is 2.